The Kier molecular flexibility index (Phi) is 6.78. The van der Waals surface area contributed by atoms with Crippen LogP contribution in [0.25, 0.3) is 0 Å². The third-order valence-corrected chi connectivity index (χ3v) is 3.16. The molecule has 1 amide bonds. The maximum atomic E-state index is 12.4. The average Bonchev–Trinajstić information content (AvgIpc) is 2.27. The lowest BCUT2D eigenvalue weighted by molar-refractivity contribution is -0.132. The largest absolute Gasteiger partial charge is 0.336 e. The van der Waals surface area contributed by atoms with Crippen molar-refractivity contribution in [3.05, 3.63) is 34.3 Å². The van der Waals surface area contributed by atoms with Crippen molar-refractivity contribution in [2.24, 2.45) is 0 Å². The third kappa shape index (κ3) is 5.44. The van der Waals surface area contributed by atoms with Gasteiger partial charge in [-0.15, -0.1) is 0 Å². The summed E-state index contributed by atoms with van der Waals surface area (Å²) in [5.74, 6) is -0.284. The lowest BCUT2D eigenvalue weighted by atomic mass is 10.1. The fourth-order valence-electron chi connectivity index (χ4n) is 1.52. The Labute approximate surface area is 122 Å². The van der Waals surface area contributed by atoms with Crippen molar-refractivity contribution < 1.29 is 13.6 Å². The molecule has 0 N–H and O–H groups in total. The number of carbonyl (C=O) groups is 1. The summed E-state index contributed by atoms with van der Waals surface area (Å²) in [6, 6.07) is 7.28. The highest BCUT2D eigenvalue weighted by molar-refractivity contribution is 9.10. The van der Waals surface area contributed by atoms with Gasteiger partial charge in [-0.3, -0.25) is 4.79 Å². The second-order valence-electron chi connectivity index (χ2n) is 3.73. The van der Waals surface area contributed by atoms with Crippen LogP contribution in [0.4, 0.5) is 8.78 Å². The van der Waals surface area contributed by atoms with Gasteiger partial charge in [0.1, 0.15) is 0 Å². The van der Waals surface area contributed by atoms with Crippen LogP contribution in [-0.4, -0.2) is 35.7 Å². The highest BCUT2D eigenvalue weighted by atomic mass is 79.9. The Bertz CT molecular complexity index is 401. The van der Waals surface area contributed by atoms with Crippen molar-refractivity contribution in [1.29, 1.82) is 0 Å². The van der Waals surface area contributed by atoms with Gasteiger partial charge in [0.25, 0.3) is 6.43 Å². The highest BCUT2D eigenvalue weighted by Gasteiger charge is 2.17. The number of carbonyl (C=O) groups excluding carboxylic acids is 1. The molecule has 0 aromatic heterocycles. The maximum absolute atomic E-state index is 12.4. The van der Waals surface area contributed by atoms with Gasteiger partial charge in [0.05, 0.1) is 13.0 Å². The van der Waals surface area contributed by atoms with Gasteiger partial charge >= 0.3 is 0 Å². The Balaban J connectivity index is 2.66. The molecule has 1 rings (SSSR count). The van der Waals surface area contributed by atoms with Crippen LogP contribution in [-0.2, 0) is 11.2 Å². The predicted molar refractivity (Wildman–Crippen MR) is 74.2 cm³/mol. The topological polar surface area (TPSA) is 20.3 Å². The number of benzene rings is 1. The molecule has 0 spiro atoms. The molecule has 6 heteroatoms. The number of amides is 1. The monoisotopic (exact) mass is 383 g/mol. The third-order valence-electron chi connectivity index (χ3n) is 2.31. The van der Waals surface area contributed by atoms with E-state index in [-0.39, 0.29) is 18.9 Å². The van der Waals surface area contributed by atoms with Gasteiger partial charge in [-0.1, -0.05) is 44.0 Å². The second-order valence-corrected chi connectivity index (χ2v) is 5.44. The van der Waals surface area contributed by atoms with E-state index in [2.05, 4.69) is 31.9 Å². The summed E-state index contributed by atoms with van der Waals surface area (Å²) in [6.07, 6.45) is -2.37. The molecular formula is C12H13Br2F2NO. The Morgan fingerprint density at radius 3 is 2.67 bits per heavy atom. The first-order valence-electron chi connectivity index (χ1n) is 5.39. The summed E-state index contributed by atoms with van der Waals surface area (Å²) < 4.78 is 25.6. The fourth-order valence-corrected chi connectivity index (χ4v) is 2.39. The zero-order valence-electron chi connectivity index (χ0n) is 9.58. The number of halogens is 4. The van der Waals surface area contributed by atoms with E-state index in [1.807, 2.05) is 18.2 Å². The molecule has 0 bridgehead atoms. The molecule has 1 aromatic carbocycles. The minimum atomic E-state index is -2.50. The molecule has 0 atom stereocenters. The summed E-state index contributed by atoms with van der Waals surface area (Å²) >= 11 is 6.47. The number of hydrogen-bond donors (Lipinski definition) is 0. The molecule has 18 heavy (non-hydrogen) atoms. The van der Waals surface area contributed by atoms with E-state index in [4.69, 9.17) is 0 Å². The average molecular weight is 385 g/mol. The SMILES string of the molecule is O=C(Cc1cccc(Br)c1)N(CCBr)CC(F)F. The minimum absolute atomic E-state index is 0.138. The van der Waals surface area contributed by atoms with Crippen LogP contribution < -0.4 is 0 Å². The van der Waals surface area contributed by atoms with E-state index in [0.717, 1.165) is 10.0 Å². The number of rotatable bonds is 6. The van der Waals surface area contributed by atoms with Crippen LogP contribution in [0.1, 0.15) is 5.56 Å². The van der Waals surface area contributed by atoms with Gasteiger partial charge in [-0.05, 0) is 17.7 Å². The first-order chi connectivity index (χ1) is 8.52. The highest BCUT2D eigenvalue weighted by Crippen LogP contribution is 2.13. The Hall–Kier alpha value is -0.490. The van der Waals surface area contributed by atoms with Crippen LogP contribution in [0, 0.1) is 0 Å². The van der Waals surface area contributed by atoms with Crippen LogP contribution in [0.2, 0.25) is 0 Å². The van der Waals surface area contributed by atoms with E-state index in [1.165, 1.54) is 4.90 Å². The fraction of sp³-hybridized carbons (Fsp3) is 0.417. The number of hydrogen-bond acceptors (Lipinski definition) is 1. The van der Waals surface area contributed by atoms with Gasteiger partial charge in [-0.25, -0.2) is 8.78 Å². The summed E-state index contributed by atoms with van der Waals surface area (Å²) in [5, 5.41) is 0.490. The van der Waals surface area contributed by atoms with E-state index in [1.54, 1.807) is 6.07 Å². The number of nitrogens with zero attached hydrogens (tertiary/aromatic N) is 1. The zero-order chi connectivity index (χ0) is 13.5. The molecule has 0 aliphatic heterocycles. The van der Waals surface area contributed by atoms with Crippen LogP contribution in [0.3, 0.4) is 0 Å². The van der Waals surface area contributed by atoms with Gasteiger partial charge in [0, 0.05) is 16.3 Å². The predicted octanol–water partition coefficient (Wildman–Crippen LogP) is 3.48. The Morgan fingerprint density at radius 1 is 1.39 bits per heavy atom. The summed E-state index contributed by atoms with van der Waals surface area (Å²) in [4.78, 5) is 13.1. The van der Waals surface area contributed by atoms with Crippen molar-refractivity contribution in [3.8, 4) is 0 Å². The van der Waals surface area contributed by atoms with E-state index < -0.39 is 13.0 Å². The normalized spacial score (nSPS) is 10.7. The first kappa shape index (κ1) is 15.6. The standard InChI is InChI=1S/C12H13Br2F2NO/c13-4-5-17(8-11(15)16)12(18)7-9-2-1-3-10(14)6-9/h1-3,6,11H,4-5,7-8H2. The zero-order valence-corrected chi connectivity index (χ0v) is 12.8. The molecule has 0 unspecified atom stereocenters. The van der Waals surface area contributed by atoms with Gasteiger partial charge in [-0.2, -0.15) is 0 Å². The maximum Gasteiger partial charge on any atom is 0.255 e. The smallest absolute Gasteiger partial charge is 0.255 e. The lowest BCUT2D eigenvalue weighted by Gasteiger charge is -2.21. The molecule has 0 aliphatic rings. The molecule has 0 fully saturated rings. The molecule has 0 heterocycles. The minimum Gasteiger partial charge on any atom is -0.336 e. The van der Waals surface area contributed by atoms with Crippen LogP contribution in [0.5, 0.6) is 0 Å². The van der Waals surface area contributed by atoms with Gasteiger partial charge in [0.15, 0.2) is 0 Å². The van der Waals surface area contributed by atoms with Gasteiger partial charge in [0.2, 0.25) is 5.91 Å². The molecule has 100 valence electrons. The summed E-state index contributed by atoms with van der Waals surface area (Å²) in [5.41, 5.74) is 0.809. The van der Waals surface area contributed by atoms with Crippen molar-refractivity contribution in [2.75, 3.05) is 18.4 Å². The van der Waals surface area contributed by atoms with Crippen molar-refractivity contribution in [1.82, 2.24) is 4.90 Å². The molecular weight excluding hydrogens is 372 g/mol. The molecule has 0 saturated heterocycles. The van der Waals surface area contributed by atoms with E-state index in [9.17, 15) is 13.6 Å². The quantitative estimate of drug-likeness (QED) is 0.687. The first-order valence-corrected chi connectivity index (χ1v) is 7.30. The summed E-state index contributed by atoms with van der Waals surface area (Å²) in [7, 11) is 0. The summed E-state index contributed by atoms with van der Waals surface area (Å²) in [6.45, 7) is -0.227. The van der Waals surface area contributed by atoms with Crippen molar-refractivity contribution in [3.63, 3.8) is 0 Å². The molecule has 1 aromatic rings. The van der Waals surface area contributed by atoms with Crippen molar-refractivity contribution in [2.45, 2.75) is 12.8 Å². The van der Waals surface area contributed by atoms with Crippen molar-refractivity contribution >= 4 is 37.8 Å². The molecule has 0 aliphatic carbocycles. The van der Waals surface area contributed by atoms with Crippen LogP contribution >= 0.6 is 31.9 Å². The molecule has 0 saturated carbocycles. The van der Waals surface area contributed by atoms with E-state index in [0.29, 0.717) is 5.33 Å². The number of alkyl halides is 3. The molecule has 2 nitrogen and oxygen atoms in total. The molecule has 0 radical (unpaired) electrons. The lowest BCUT2D eigenvalue weighted by Crippen LogP contribution is -2.37. The van der Waals surface area contributed by atoms with Crippen LogP contribution in [0.15, 0.2) is 28.7 Å². The van der Waals surface area contributed by atoms with Gasteiger partial charge < -0.3 is 4.90 Å². The Morgan fingerprint density at radius 2 is 2.11 bits per heavy atom. The van der Waals surface area contributed by atoms with E-state index >= 15 is 0 Å². The second kappa shape index (κ2) is 7.84.